The number of aryl methyl sites for hydroxylation is 1. The highest BCUT2D eigenvalue weighted by molar-refractivity contribution is 5.38. The van der Waals surface area contributed by atoms with Gasteiger partial charge in [-0.1, -0.05) is 30.7 Å². The van der Waals surface area contributed by atoms with Gasteiger partial charge in [0.1, 0.15) is 0 Å². The maximum absolute atomic E-state index is 4.25. The summed E-state index contributed by atoms with van der Waals surface area (Å²) in [6, 6.07) is 9.07. The molecule has 0 bridgehead atoms. The molecule has 0 saturated heterocycles. The van der Waals surface area contributed by atoms with E-state index in [0.29, 0.717) is 0 Å². The van der Waals surface area contributed by atoms with Crippen molar-refractivity contribution in [2.24, 2.45) is 7.05 Å². The fraction of sp³-hybridized carbons (Fsp3) is 0.438. The second-order valence-electron chi connectivity index (χ2n) is 5.41. The molecule has 1 atom stereocenters. The minimum absolute atomic E-state index is 0.226. The lowest BCUT2D eigenvalue weighted by Gasteiger charge is -2.30. The molecule has 1 aliphatic carbocycles. The van der Waals surface area contributed by atoms with Crippen molar-refractivity contribution in [2.45, 2.75) is 31.2 Å². The summed E-state index contributed by atoms with van der Waals surface area (Å²) in [4.78, 5) is 4.25. The van der Waals surface area contributed by atoms with E-state index in [2.05, 4.69) is 46.2 Å². The van der Waals surface area contributed by atoms with E-state index < -0.39 is 0 Å². The molecule has 1 unspecified atom stereocenters. The average Bonchev–Trinajstić information content (AvgIpc) is 2.77. The summed E-state index contributed by atoms with van der Waals surface area (Å²) >= 11 is 0. The minimum Gasteiger partial charge on any atom is -0.336 e. The van der Waals surface area contributed by atoms with Gasteiger partial charge in [-0.25, -0.2) is 4.98 Å². The Morgan fingerprint density at radius 3 is 2.68 bits per heavy atom. The van der Waals surface area contributed by atoms with Crippen molar-refractivity contribution < 1.29 is 0 Å². The second kappa shape index (κ2) is 5.17. The van der Waals surface area contributed by atoms with E-state index in [1.807, 2.05) is 19.6 Å². The lowest BCUT2D eigenvalue weighted by molar-refractivity contribution is 0.414. The highest BCUT2D eigenvalue weighted by atomic mass is 15.1. The standard InChI is InChI=1S/C16H21N3/c1-17-16(15-10-18-11-19(15)2)14-9-4-3-8-13(14)12-6-5-7-12/h3-4,8-12,16-17H,5-7H2,1-2H3. The minimum atomic E-state index is 0.226. The number of imidazole rings is 1. The molecule has 1 heterocycles. The number of hydrogen-bond acceptors (Lipinski definition) is 2. The van der Waals surface area contributed by atoms with Crippen LogP contribution in [0.3, 0.4) is 0 Å². The van der Waals surface area contributed by atoms with Crippen LogP contribution in [0.25, 0.3) is 0 Å². The van der Waals surface area contributed by atoms with E-state index in [1.165, 1.54) is 36.1 Å². The molecule has 0 radical (unpaired) electrons. The molecule has 1 fully saturated rings. The molecular weight excluding hydrogens is 234 g/mol. The number of nitrogens with zero attached hydrogens (tertiary/aromatic N) is 2. The van der Waals surface area contributed by atoms with Crippen LogP contribution in [0.4, 0.5) is 0 Å². The summed E-state index contributed by atoms with van der Waals surface area (Å²) in [6.45, 7) is 0. The van der Waals surface area contributed by atoms with Crippen molar-refractivity contribution in [3.05, 3.63) is 53.6 Å². The molecule has 1 saturated carbocycles. The number of hydrogen-bond donors (Lipinski definition) is 1. The Morgan fingerprint density at radius 2 is 2.11 bits per heavy atom. The third-order valence-corrected chi connectivity index (χ3v) is 4.29. The molecule has 2 aromatic rings. The second-order valence-corrected chi connectivity index (χ2v) is 5.41. The number of aromatic nitrogens is 2. The van der Waals surface area contributed by atoms with Crippen molar-refractivity contribution in [3.63, 3.8) is 0 Å². The van der Waals surface area contributed by atoms with Crippen LogP contribution in [-0.2, 0) is 7.05 Å². The van der Waals surface area contributed by atoms with Gasteiger partial charge in [0.15, 0.2) is 0 Å². The van der Waals surface area contributed by atoms with Crippen molar-refractivity contribution in [2.75, 3.05) is 7.05 Å². The van der Waals surface area contributed by atoms with Gasteiger partial charge in [-0.3, -0.25) is 0 Å². The molecule has 1 aromatic carbocycles. The van der Waals surface area contributed by atoms with Gasteiger partial charge in [0.05, 0.1) is 24.3 Å². The summed E-state index contributed by atoms with van der Waals surface area (Å²) in [5.41, 5.74) is 4.13. The van der Waals surface area contributed by atoms with Crippen LogP contribution in [0.5, 0.6) is 0 Å². The monoisotopic (exact) mass is 255 g/mol. The van der Waals surface area contributed by atoms with Crippen LogP contribution in [0.15, 0.2) is 36.8 Å². The SMILES string of the molecule is CNC(c1ccccc1C1CCC1)c1cncn1C. The number of rotatable bonds is 4. The number of benzene rings is 1. The van der Waals surface area contributed by atoms with E-state index >= 15 is 0 Å². The van der Waals surface area contributed by atoms with Gasteiger partial charge in [0, 0.05) is 7.05 Å². The molecule has 100 valence electrons. The molecule has 1 aliphatic rings. The van der Waals surface area contributed by atoms with Crippen molar-refractivity contribution in [3.8, 4) is 0 Å². The molecule has 0 aliphatic heterocycles. The third kappa shape index (κ3) is 2.19. The zero-order chi connectivity index (χ0) is 13.2. The summed E-state index contributed by atoms with van der Waals surface area (Å²) in [7, 11) is 4.08. The van der Waals surface area contributed by atoms with Crippen LogP contribution in [0.1, 0.15) is 48.0 Å². The van der Waals surface area contributed by atoms with Gasteiger partial charge < -0.3 is 9.88 Å². The fourth-order valence-electron chi connectivity index (χ4n) is 2.97. The summed E-state index contributed by atoms with van der Waals surface area (Å²) in [5.74, 6) is 0.750. The maximum Gasteiger partial charge on any atom is 0.0946 e. The Morgan fingerprint density at radius 1 is 1.32 bits per heavy atom. The van der Waals surface area contributed by atoms with Gasteiger partial charge in [0.25, 0.3) is 0 Å². The van der Waals surface area contributed by atoms with E-state index in [0.717, 1.165) is 5.92 Å². The third-order valence-electron chi connectivity index (χ3n) is 4.29. The first-order chi connectivity index (χ1) is 9.31. The van der Waals surface area contributed by atoms with Crippen LogP contribution in [0.2, 0.25) is 0 Å². The lowest BCUT2D eigenvalue weighted by Crippen LogP contribution is -2.23. The van der Waals surface area contributed by atoms with Gasteiger partial charge in [-0.05, 0) is 36.9 Å². The smallest absolute Gasteiger partial charge is 0.0946 e. The van der Waals surface area contributed by atoms with Crippen LogP contribution in [0, 0.1) is 0 Å². The normalized spacial score (nSPS) is 17.2. The molecule has 3 nitrogen and oxygen atoms in total. The average molecular weight is 255 g/mol. The molecule has 19 heavy (non-hydrogen) atoms. The Bertz CT molecular complexity index is 555. The Labute approximate surface area is 114 Å². The van der Waals surface area contributed by atoms with E-state index in [1.54, 1.807) is 0 Å². The van der Waals surface area contributed by atoms with Crippen molar-refractivity contribution in [1.29, 1.82) is 0 Å². The van der Waals surface area contributed by atoms with E-state index in [-0.39, 0.29) is 6.04 Å². The summed E-state index contributed by atoms with van der Waals surface area (Å²) in [6.07, 6.45) is 7.86. The summed E-state index contributed by atoms with van der Waals surface area (Å²) < 4.78 is 2.10. The topological polar surface area (TPSA) is 29.9 Å². The number of nitrogens with one attached hydrogen (secondary N) is 1. The zero-order valence-corrected chi connectivity index (χ0v) is 11.6. The first kappa shape index (κ1) is 12.4. The Balaban J connectivity index is 2.02. The van der Waals surface area contributed by atoms with Crippen LogP contribution in [-0.4, -0.2) is 16.6 Å². The van der Waals surface area contributed by atoms with Gasteiger partial charge in [0.2, 0.25) is 0 Å². The molecule has 1 N–H and O–H groups in total. The van der Waals surface area contributed by atoms with E-state index in [4.69, 9.17) is 0 Å². The van der Waals surface area contributed by atoms with Gasteiger partial charge in [-0.15, -0.1) is 0 Å². The zero-order valence-electron chi connectivity index (χ0n) is 11.6. The molecule has 0 amide bonds. The molecule has 3 rings (SSSR count). The molecule has 3 heteroatoms. The first-order valence-electron chi connectivity index (χ1n) is 7.03. The molecule has 0 spiro atoms. The van der Waals surface area contributed by atoms with Crippen molar-refractivity contribution in [1.82, 2.24) is 14.9 Å². The highest BCUT2D eigenvalue weighted by Gasteiger charge is 2.25. The Kier molecular flexibility index (Phi) is 3.38. The maximum atomic E-state index is 4.25. The predicted octanol–water partition coefficient (Wildman–Crippen LogP) is 3.00. The first-order valence-corrected chi connectivity index (χ1v) is 7.03. The van der Waals surface area contributed by atoms with Gasteiger partial charge in [-0.2, -0.15) is 0 Å². The fourth-order valence-corrected chi connectivity index (χ4v) is 2.97. The Hall–Kier alpha value is -1.61. The van der Waals surface area contributed by atoms with Gasteiger partial charge >= 0.3 is 0 Å². The molecular formula is C16H21N3. The molecule has 1 aromatic heterocycles. The summed E-state index contributed by atoms with van der Waals surface area (Å²) in [5, 5.41) is 3.44. The van der Waals surface area contributed by atoms with Crippen LogP contribution >= 0.6 is 0 Å². The quantitative estimate of drug-likeness (QED) is 0.910. The lowest BCUT2D eigenvalue weighted by atomic mass is 9.77. The largest absolute Gasteiger partial charge is 0.336 e. The predicted molar refractivity (Wildman–Crippen MR) is 77.1 cm³/mol. The highest BCUT2D eigenvalue weighted by Crippen LogP contribution is 2.40. The van der Waals surface area contributed by atoms with E-state index in [9.17, 15) is 0 Å². The van der Waals surface area contributed by atoms with Crippen molar-refractivity contribution >= 4 is 0 Å². The van der Waals surface area contributed by atoms with Crippen LogP contribution < -0.4 is 5.32 Å².